The Hall–Kier alpha value is -2.28. The van der Waals surface area contributed by atoms with E-state index in [0.29, 0.717) is 18.1 Å². The number of rotatable bonds is 9. The molecule has 0 saturated carbocycles. The van der Waals surface area contributed by atoms with Crippen LogP contribution in [0.4, 0.5) is 4.79 Å². The zero-order chi connectivity index (χ0) is 18.4. The Morgan fingerprint density at radius 1 is 1.23 bits per heavy atom. The summed E-state index contributed by atoms with van der Waals surface area (Å²) in [6, 6.07) is 3.80. The first kappa shape index (κ1) is 18.5. The summed E-state index contributed by atoms with van der Waals surface area (Å²) in [5.74, 6) is 0.585. The van der Waals surface area contributed by atoms with Gasteiger partial charge in [0, 0.05) is 25.1 Å². The molecule has 6 nitrogen and oxygen atoms in total. The van der Waals surface area contributed by atoms with Gasteiger partial charge in [-0.2, -0.15) is 0 Å². The van der Waals surface area contributed by atoms with E-state index in [2.05, 4.69) is 11.9 Å². The number of pyridine rings is 1. The van der Waals surface area contributed by atoms with Gasteiger partial charge in [0.15, 0.2) is 11.4 Å². The zero-order valence-corrected chi connectivity index (χ0v) is 15.7. The van der Waals surface area contributed by atoms with Crippen LogP contribution in [0, 0.1) is 0 Å². The Labute approximate surface area is 157 Å². The maximum Gasteiger partial charge on any atom is 0.293 e. The van der Waals surface area contributed by atoms with Crippen molar-refractivity contribution in [2.24, 2.45) is 0 Å². The predicted molar refractivity (Wildman–Crippen MR) is 102 cm³/mol. The molecule has 1 aliphatic rings. The second-order valence-corrected chi connectivity index (χ2v) is 7.11. The fraction of sp³-hybridized carbons (Fsp3) is 0.421. The van der Waals surface area contributed by atoms with Crippen molar-refractivity contribution >= 4 is 28.6 Å². The van der Waals surface area contributed by atoms with Crippen LogP contribution in [0.1, 0.15) is 39.0 Å². The minimum Gasteiger partial charge on any atom is -0.490 e. The third-order valence-corrected chi connectivity index (χ3v) is 5.13. The highest BCUT2D eigenvalue weighted by Gasteiger charge is 2.34. The van der Waals surface area contributed by atoms with E-state index in [1.54, 1.807) is 6.20 Å². The average molecular weight is 373 g/mol. The van der Waals surface area contributed by atoms with Gasteiger partial charge in [-0.1, -0.05) is 25.8 Å². The zero-order valence-electron chi connectivity index (χ0n) is 14.9. The maximum atomic E-state index is 12.3. The van der Waals surface area contributed by atoms with E-state index in [0.717, 1.165) is 55.3 Å². The molecule has 0 spiro atoms. The van der Waals surface area contributed by atoms with Crippen molar-refractivity contribution < 1.29 is 14.3 Å². The number of aromatic nitrogens is 2. The fourth-order valence-electron chi connectivity index (χ4n) is 2.76. The van der Waals surface area contributed by atoms with Gasteiger partial charge in [-0.05, 0) is 43.2 Å². The molecule has 0 bridgehead atoms. The summed E-state index contributed by atoms with van der Waals surface area (Å²) in [6.07, 6.45) is 11.9. The molecule has 2 aromatic heterocycles. The number of allylic oxidation sites excluding steroid dienone is 1. The average Bonchev–Trinajstić information content (AvgIpc) is 3.22. The van der Waals surface area contributed by atoms with Crippen molar-refractivity contribution in [3.63, 3.8) is 0 Å². The van der Waals surface area contributed by atoms with Crippen LogP contribution in [0.15, 0.2) is 41.7 Å². The molecule has 2 aromatic rings. The summed E-state index contributed by atoms with van der Waals surface area (Å²) >= 11 is 1.05. The van der Waals surface area contributed by atoms with Gasteiger partial charge >= 0.3 is 0 Å². The largest absolute Gasteiger partial charge is 0.490 e. The van der Waals surface area contributed by atoms with Crippen molar-refractivity contribution in [1.29, 1.82) is 0 Å². The fourth-order valence-corrected chi connectivity index (χ4v) is 3.63. The highest BCUT2D eigenvalue weighted by molar-refractivity contribution is 8.18. The summed E-state index contributed by atoms with van der Waals surface area (Å²) in [4.78, 5) is 30.5. The summed E-state index contributed by atoms with van der Waals surface area (Å²) in [5.41, 5.74) is 0.788. The number of nitrogens with zero attached hydrogens (tertiary/aromatic N) is 3. The van der Waals surface area contributed by atoms with E-state index in [4.69, 9.17) is 4.74 Å². The van der Waals surface area contributed by atoms with Crippen LogP contribution < -0.4 is 4.74 Å². The lowest BCUT2D eigenvalue weighted by atomic mass is 10.2. The summed E-state index contributed by atoms with van der Waals surface area (Å²) in [7, 11) is 0. The topological polar surface area (TPSA) is 63.9 Å². The minimum atomic E-state index is -0.166. The molecule has 1 saturated heterocycles. The smallest absolute Gasteiger partial charge is 0.293 e. The van der Waals surface area contributed by atoms with Crippen molar-refractivity contribution in [1.82, 2.24) is 14.3 Å². The number of hydrogen-bond acceptors (Lipinski definition) is 5. The molecule has 0 aromatic carbocycles. The molecule has 2 amide bonds. The number of imide groups is 1. The van der Waals surface area contributed by atoms with Gasteiger partial charge in [0.2, 0.25) is 0 Å². The van der Waals surface area contributed by atoms with Crippen molar-refractivity contribution in [3.8, 4) is 5.75 Å². The van der Waals surface area contributed by atoms with Gasteiger partial charge in [0.1, 0.15) is 0 Å². The Morgan fingerprint density at radius 2 is 2.12 bits per heavy atom. The molecular weight excluding hydrogens is 350 g/mol. The molecule has 1 fully saturated rings. The van der Waals surface area contributed by atoms with Gasteiger partial charge in [0.25, 0.3) is 11.1 Å². The molecule has 3 heterocycles. The number of carbonyl (C=O) groups is 2. The highest BCUT2D eigenvalue weighted by atomic mass is 32.2. The Kier molecular flexibility index (Phi) is 6.33. The van der Waals surface area contributed by atoms with Crippen LogP contribution >= 0.6 is 11.8 Å². The summed E-state index contributed by atoms with van der Waals surface area (Å²) in [5, 5.41) is -0.166. The van der Waals surface area contributed by atoms with Crippen LogP contribution in [0.3, 0.4) is 0 Å². The highest BCUT2D eigenvalue weighted by Crippen LogP contribution is 2.31. The molecule has 0 N–H and O–H groups in total. The lowest BCUT2D eigenvalue weighted by Gasteiger charge is -2.12. The number of carbonyl (C=O) groups excluding carboxylic acids is 2. The lowest BCUT2D eigenvalue weighted by Crippen LogP contribution is -2.29. The standard InChI is InChI=1S/C19H23N3O3S/c1-2-3-4-9-16-18(23)22(19(24)26-16)12-5-6-14-25-15-8-7-11-21-13-10-20-17(15)21/h7-11,13H,2-6,12,14H2,1H3. The number of fused-ring (bicyclic) bond motifs is 1. The van der Waals surface area contributed by atoms with E-state index >= 15 is 0 Å². The van der Waals surface area contributed by atoms with Crippen molar-refractivity contribution in [2.75, 3.05) is 13.2 Å². The number of amides is 2. The molecule has 0 unspecified atom stereocenters. The first-order chi connectivity index (χ1) is 12.7. The maximum absolute atomic E-state index is 12.3. The van der Waals surface area contributed by atoms with Gasteiger partial charge in [0.05, 0.1) is 11.5 Å². The number of ether oxygens (including phenoxy) is 1. The van der Waals surface area contributed by atoms with Crippen LogP contribution in [0.5, 0.6) is 5.75 Å². The van der Waals surface area contributed by atoms with Crippen molar-refractivity contribution in [3.05, 3.63) is 41.7 Å². The SMILES string of the molecule is CCCCC=C1SC(=O)N(CCCCOc2cccn3ccnc23)C1=O. The molecule has 0 radical (unpaired) electrons. The summed E-state index contributed by atoms with van der Waals surface area (Å²) < 4.78 is 7.70. The molecule has 1 aliphatic heterocycles. The molecule has 0 atom stereocenters. The van der Waals surface area contributed by atoms with Crippen LogP contribution in [-0.4, -0.2) is 38.6 Å². The Morgan fingerprint density at radius 3 is 2.96 bits per heavy atom. The molecule has 7 heteroatoms. The van der Waals surface area contributed by atoms with Crippen LogP contribution in [0.2, 0.25) is 0 Å². The minimum absolute atomic E-state index is 0.154. The molecule has 138 valence electrons. The van der Waals surface area contributed by atoms with Gasteiger partial charge < -0.3 is 9.14 Å². The lowest BCUT2D eigenvalue weighted by molar-refractivity contribution is -0.122. The van der Waals surface area contributed by atoms with Crippen molar-refractivity contribution in [2.45, 2.75) is 39.0 Å². The first-order valence-corrected chi connectivity index (χ1v) is 9.80. The first-order valence-electron chi connectivity index (χ1n) is 8.99. The van der Waals surface area contributed by atoms with E-state index in [1.165, 1.54) is 4.90 Å². The third-order valence-electron chi connectivity index (χ3n) is 4.18. The van der Waals surface area contributed by atoms with Gasteiger partial charge in [-0.3, -0.25) is 14.5 Å². The molecule has 26 heavy (non-hydrogen) atoms. The second-order valence-electron chi connectivity index (χ2n) is 6.12. The second kappa shape index (κ2) is 8.89. The monoisotopic (exact) mass is 373 g/mol. The molecule has 0 aliphatic carbocycles. The number of imidazole rings is 1. The van der Waals surface area contributed by atoms with E-state index in [1.807, 2.05) is 35.0 Å². The van der Waals surface area contributed by atoms with Crippen LogP contribution in [-0.2, 0) is 4.79 Å². The Bertz CT molecular complexity index is 815. The normalized spacial score (nSPS) is 16.2. The third kappa shape index (κ3) is 4.27. The van der Waals surface area contributed by atoms with E-state index in [-0.39, 0.29) is 11.1 Å². The number of hydrogen-bond donors (Lipinski definition) is 0. The predicted octanol–water partition coefficient (Wildman–Crippen LogP) is 4.26. The quantitative estimate of drug-likeness (QED) is 0.485. The molecular formula is C19H23N3O3S. The number of unbranched alkanes of at least 4 members (excludes halogenated alkanes) is 3. The summed E-state index contributed by atoms with van der Waals surface area (Å²) in [6.45, 7) is 3.07. The van der Waals surface area contributed by atoms with Gasteiger partial charge in [-0.25, -0.2) is 4.98 Å². The van der Waals surface area contributed by atoms with Crippen LogP contribution in [0.25, 0.3) is 5.65 Å². The van der Waals surface area contributed by atoms with E-state index < -0.39 is 0 Å². The van der Waals surface area contributed by atoms with Gasteiger partial charge in [-0.15, -0.1) is 0 Å². The molecule has 3 rings (SSSR count). The number of thioether (sulfide) groups is 1. The Balaban J connectivity index is 1.43. The van der Waals surface area contributed by atoms with E-state index in [9.17, 15) is 9.59 Å².